The molecule has 0 radical (unpaired) electrons. The van der Waals surface area contributed by atoms with Gasteiger partial charge in [0.2, 0.25) is 0 Å². The summed E-state index contributed by atoms with van der Waals surface area (Å²) in [7, 11) is 1.63. The Bertz CT molecular complexity index is 823. The molecule has 0 fully saturated rings. The number of benzene rings is 2. The molecule has 0 heterocycles. The summed E-state index contributed by atoms with van der Waals surface area (Å²) in [5.41, 5.74) is 0.995. The molecular weight excluding hydrogens is 475 g/mol. The first-order valence-electron chi connectivity index (χ1n) is 7.40. The van der Waals surface area contributed by atoms with Crippen molar-refractivity contribution in [2.75, 3.05) is 18.9 Å². The lowest BCUT2D eigenvalue weighted by molar-refractivity contribution is -0.135. The van der Waals surface area contributed by atoms with E-state index in [9.17, 15) is 14.0 Å². The minimum absolute atomic E-state index is 0.0108. The van der Waals surface area contributed by atoms with Gasteiger partial charge < -0.3 is 20.5 Å². The fourth-order valence-electron chi connectivity index (χ4n) is 2.12. The highest BCUT2D eigenvalue weighted by Crippen LogP contribution is 2.35. The number of hydrogen-bond acceptors (Lipinski definition) is 4. The number of carbonyl (C=O) groups is 2. The molecule has 0 aliphatic carbocycles. The Labute approximate surface area is 166 Å². The first kappa shape index (κ1) is 20.2. The van der Waals surface area contributed by atoms with Crippen molar-refractivity contribution < 1.29 is 23.8 Å². The Morgan fingerprint density at radius 3 is 2.46 bits per heavy atom. The number of halogens is 3. The van der Waals surface area contributed by atoms with E-state index >= 15 is 0 Å². The monoisotopic (exact) mass is 488 g/mol. The number of aliphatic carboxylic acids is 1. The Kier molecular flexibility index (Phi) is 6.98. The summed E-state index contributed by atoms with van der Waals surface area (Å²) in [5.74, 6) is -1.67. The molecule has 0 saturated heterocycles. The lowest BCUT2D eigenvalue weighted by atomic mass is 10.2. The van der Waals surface area contributed by atoms with Crippen molar-refractivity contribution in [1.29, 1.82) is 0 Å². The molecule has 0 spiro atoms. The minimum atomic E-state index is -1.14. The Morgan fingerprint density at radius 2 is 1.88 bits per heavy atom. The molecule has 2 rings (SSSR count). The number of anilines is 1. The third kappa shape index (κ3) is 4.95. The van der Waals surface area contributed by atoms with Gasteiger partial charge in [-0.25, -0.2) is 4.39 Å². The second kappa shape index (κ2) is 9.00. The predicted octanol–water partition coefficient (Wildman–Crippen LogP) is 3.79. The molecule has 2 aromatic rings. The lowest BCUT2D eigenvalue weighted by Crippen LogP contribution is -2.29. The molecule has 0 unspecified atom stereocenters. The van der Waals surface area contributed by atoms with Crippen LogP contribution in [0.2, 0.25) is 0 Å². The largest absolute Gasteiger partial charge is 0.486 e. The SMILES string of the molecule is CNc1cccc(COc2c(Br)cc(C(=O)NCC(=O)O)cc2Br)c1F. The van der Waals surface area contributed by atoms with Gasteiger partial charge in [-0.15, -0.1) is 0 Å². The second-order valence-electron chi connectivity index (χ2n) is 5.16. The van der Waals surface area contributed by atoms with Gasteiger partial charge in [-0.05, 0) is 50.1 Å². The van der Waals surface area contributed by atoms with Crippen LogP contribution in [-0.4, -0.2) is 30.6 Å². The summed E-state index contributed by atoms with van der Waals surface area (Å²) in [5, 5.41) is 13.6. The first-order chi connectivity index (χ1) is 12.3. The maximum Gasteiger partial charge on any atom is 0.322 e. The molecule has 1 amide bonds. The molecule has 6 nitrogen and oxygen atoms in total. The number of carbonyl (C=O) groups excluding carboxylic acids is 1. The highest BCUT2D eigenvalue weighted by Gasteiger charge is 2.15. The summed E-state index contributed by atoms with van der Waals surface area (Å²) < 4.78 is 20.8. The average Bonchev–Trinajstić information content (AvgIpc) is 2.60. The third-order valence-electron chi connectivity index (χ3n) is 3.38. The van der Waals surface area contributed by atoms with Gasteiger partial charge in [0.25, 0.3) is 5.91 Å². The molecule has 0 aliphatic rings. The number of rotatable bonds is 7. The number of carboxylic acid groups (broad SMARTS) is 1. The molecule has 26 heavy (non-hydrogen) atoms. The van der Waals surface area contributed by atoms with Crippen LogP contribution in [0.5, 0.6) is 5.75 Å². The fourth-order valence-corrected chi connectivity index (χ4v) is 3.54. The van der Waals surface area contributed by atoms with Crippen LogP contribution in [0, 0.1) is 5.82 Å². The molecule has 138 valence electrons. The zero-order valence-corrected chi connectivity index (χ0v) is 16.8. The van der Waals surface area contributed by atoms with E-state index in [2.05, 4.69) is 42.5 Å². The van der Waals surface area contributed by atoms with Crippen LogP contribution in [0.15, 0.2) is 39.3 Å². The van der Waals surface area contributed by atoms with E-state index in [1.165, 1.54) is 12.1 Å². The van der Waals surface area contributed by atoms with Crippen molar-refractivity contribution >= 4 is 49.4 Å². The topological polar surface area (TPSA) is 87.7 Å². The van der Waals surface area contributed by atoms with Crippen LogP contribution in [0.3, 0.4) is 0 Å². The average molecular weight is 490 g/mol. The number of hydrogen-bond donors (Lipinski definition) is 3. The number of amides is 1. The van der Waals surface area contributed by atoms with Crippen molar-refractivity contribution in [3.63, 3.8) is 0 Å². The summed E-state index contributed by atoms with van der Waals surface area (Å²) in [6.45, 7) is -0.490. The highest BCUT2D eigenvalue weighted by atomic mass is 79.9. The zero-order chi connectivity index (χ0) is 19.3. The maximum absolute atomic E-state index is 14.2. The van der Waals surface area contributed by atoms with Gasteiger partial charge >= 0.3 is 5.97 Å². The smallest absolute Gasteiger partial charge is 0.322 e. The van der Waals surface area contributed by atoms with Crippen LogP contribution in [-0.2, 0) is 11.4 Å². The van der Waals surface area contributed by atoms with Crippen molar-refractivity contribution in [3.8, 4) is 5.75 Å². The van der Waals surface area contributed by atoms with Gasteiger partial charge in [0.15, 0.2) is 5.82 Å². The van der Waals surface area contributed by atoms with Crippen molar-refractivity contribution in [2.45, 2.75) is 6.61 Å². The molecule has 3 N–H and O–H groups in total. The van der Waals surface area contributed by atoms with Gasteiger partial charge in [0.1, 0.15) is 18.9 Å². The predicted molar refractivity (Wildman–Crippen MR) is 102 cm³/mol. The molecule has 2 aromatic carbocycles. The van der Waals surface area contributed by atoms with E-state index in [4.69, 9.17) is 9.84 Å². The second-order valence-corrected chi connectivity index (χ2v) is 6.87. The first-order valence-corrected chi connectivity index (χ1v) is 8.99. The van der Waals surface area contributed by atoms with Gasteiger partial charge in [0.05, 0.1) is 14.6 Å². The standard InChI is InChI=1S/C17H15Br2FN2O4/c1-21-13-4-2-3-9(15(13)20)8-26-16-11(18)5-10(6-12(16)19)17(25)22-7-14(23)24/h2-6,21H,7-8H2,1H3,(H,22,25)(H,23,24). The van der Waals surface area contributed by atoms with Crippen molar-refractivity contribution in [1.82, 2.24) is 5.32 Å². The van der Waals surface area contributed by atoms with Crippen LogP contribution in [0.1, 0.15) is 15.9 Å². The lowest BCUT2D eigenvalue weighted by Gasteiger charge is -2.13. The van der Waals surface area contributed by atoms with E-state index in [0.717, 1.165) is 0 Å². The van der Waals surface area contributed by atoms with Crippen molar-refractivity contribution in [3.05, 3.63) is 56.2 Å². The Balaban J connectivity index is 2.16. The molecule has 0 saturated carbocycles. The maximum atomic E-state index is 14.2. The zero-order valence-electron chi connectivity index (χ0n) is 13.6. The Hall–Kier alpha value is -2.13. The van der Waals surface area contributed by atoms with Gasteiger partial charge in [-0.2, -0.15) is 0 Å². The third-order valence-corrected chi connectivity index (χ3v) is 4.56. The van der Waals surface area contributed by atoms with Crippen LogP contribution in [0.4, 0.5) is 10.1 Å². The van der Waals surface area contributed by atoms with Crippen molar-refractivity contribution in [2.24, 2.45) is 0 Å². The van der Waals surface area contributed by atoms with E-state index in [0.29, 0.717) is 25.9 Å². The molecule has 0 bridgehead atoms. The highest BCUT2D eigenvalue weighted by molar-refractivity contribution is 9.11. The summed E-state index contributed by atoms with van der Waals surface area (Å²) >= 11 is 6.62. The molecule has 0 aliphatic heterocycles. The van der Waals surface area contributed by atoms with Crippen LogP contribution in [0.25, 0.3) is 0 Å². The minimum Gasteiger partial charge on any atom is -0.486 e. The van der Waals surface area contributed by atoms with Crippen LogP contribution < -0.4 is 15.4 Å². The van der Waals surface area contributed by atoms with Gasteiger partial charge in [0, 0.05) is 18.2 Å². The summed E-state index contributed by atoms with van der Waals surface area (Å²) in [6.07, 6.45) is 0. The van der Waals surface area contributed by atoms with E-state index in [1.807, 2.05) is 0 Å². The quantitative estimate of drug-likeness (QED) is 0.550. The van der Waals surface area contributed by atoms with Gasteiger partial charge in [-0.1, -0.05) is 12.1 Å². The van der Waals surface area contributed by atoms with Crippen LogP contribution >= 0.6 is 31.9 Å². The molecule has 9 heteroatoms. The van der Waals surface area contributed by atoms with E-state index in [1.54, 1.807) is 25.2 Å². The summed E-state index contributed by atoms with van der Waals surface area (Å²) in [4.78, 5) is 22.5. The fraction of sp³-hybridized carbons (Fsp3) is 0.176. The molecule has 0 aromatic heterocycles. The number of carboxylic acids is 1. The molecule has 0 atom stereocenters. The Morgan fingerprint density at radius 1 is 1.23 bits per heavy atom. The molecular formula is C17H15Br2FN2O4. The normalized spacial score (nSPS) is 10.3. The van der Waals surface area contributed by atoms with Gasteiger partial charge in [-0.3, -0.25) is 9.59 Å². The van der Waals surface area contributed by atoms with E-state index < -0.39 is 24.2 Å². The summed E-state index contributed by atoms with van der Waals surface area (Å²) in [6, 6.07) is 7.95. The number of nitrogens with one attached hydrogen (secondary N) is 2. The number of ether oxygens (including phenoxy) is 1. The van der Waals surface area contributed by atoms with E-state index in [-0.39, 0.29) is 12.2 Å².